The fraction of sp³-hybridized carbons (Fsp3) is 0.692. The third-order valence-corrected chi connectivity index (χ3v) is 3.90. The van der Waals surface area contributed by atoms with Crippen LogP contribution in [0, 0.1) is 17.8 Å². The molecule has 104 valence electrons. The molecule has 0 spiro atoms. The van der Waals surface area contributed by atoms with Crippen molar-refractivity contribution in [2.24, 2.45) is 17.8 Å². The third-order valence-electron chi connectivity index (χ3n) is 3.90. The summed E-state index contributed by atoms with van der Waals surface area (Å²) < 4.78 is 0. The number of rotatable bonds is 1. The zero-order valence-electron chi connectivity index (χ0n) is 10.9. The summed E-state index contributed by atoms with van der Waals surface area (Å²) in [5.41, 5.74) is 0. The van der Waals surface area contributed by atoms with Crippen molar-refractivity contribution in [2.75, 3.05) is 0 Å². The second kappa shape index (κ2) is 5.50. The smallest absolute Gasteiger partial charge is 0.229 e. The molecule has 0 radical (unpaired) electrons. The maximum atomic E-state index is 11.9. The van der Waals surface area contributed by atoms with Crippen LogP contribution in [-0.4, -0.2) is 23.6 Å². The van der Waals surface area contributed by atoms with Crippen molar-refractivity contribution in [1.29, 1.82) is 0 Å². The van der Waals surface area contributed by atoms with Crippen LogP contribution in [0.4, 0.5) is 0 Å². The van der Waals surface area contributed by atoms with Gasteiger partial charge in [-0.15, -0.1) is 0 Å². The molecule has 1 aliphatic carbocycles. The summed E-state index contributed by atoms with van der Waals surface area (Å²) in [5.74, 6) is -1.90. The van der Waals surface area contributed by atoms with Gasteiger partial charge in [0.25, 0.3) is 0 Å². The molecule has 1 saturated carbocycles. The first-order valence-corrected chi connectivity index (χ1v) is 6.63. The summed E-state index contributed by atoms with van der Waals surface area (Å²) in [6.07, 6.45) is 3.00. The monoisotopic (exact) mass is 266 g/mol. The molecule has 0 aromatic heterocycles. The van der Waals surface area contributed by atoms with E-state index < -0.39 is 0 Å². The Bertz CT molecular complexity index is 432. The van der Waals surface area contributed by atoms with Crippen molar-refractivity contribution in [1.82, 2.24) is 10.6 Å². The molecule has 19 heavy (non-hydrogen) atoms. The van der Waals surface area contributed by atoms with Crippen molar-refractivity contribution >= 4 is 23.6 Å². The zero-order chi connectivity index (χ0) is 14.0. The fourth-order valence-corrected chi connectivity index (χ4v) is 2.92. The largest absolute Gasteiger partial charge is 0.296 e. The molecule has 0 aromatic carbocycles. The molecule has 2 fully saturated rings. The molecule has 3 atom stereocenters. The fourth-order valence-electron chi connectivity index (χ4n) is 2.92. The molecule has 3 unspecified atom stereocenters. The summed E-state index contributed by atoms with van der Waals surface area (Å²) in [6.45, 7) is 1.29. The highest BCUT2D eigenvalue weighted by Crippen LogP contribution is 2.33. The van der Waals surface area contributed by atoms with Gasteiger partial charge in [-0.25, -0.2) is 0 Å². The first kappa shape index (κ1) is 13.7. The molecular weight excluding hydrogens is 248 g/mol. The summed E-state index contributed by atoms with van der Waals surface area (Å²) in [7, 11) is 0. The lowest BCUT2D eigenvalue weighted by Gasteiger charge is -2.32. The first-order valence-electron chi connectivity index (χ1n) is 6.63. The van der Waals surface area contributed by atoms with E-state index in [9.17, 15) is 19.2 Å². The van der Waals surface area contributed by atoms with Crippen LogP contribution >= 0.6 is 0 Å². The maximum absolute atomic E-state index is 11.9. The average molecular weight is 266 g/mol. The van der Waals surface area contributed by atoms with Gasteiger partial charge in [-0.2, -0.15) is 0 Å². The standard InChI is InChI=1S/C13H18N2O4/c1-7(16)14-11(17)8-3-2-4-9-6-10(5-8)13(19)15-12(9)18/h8-10H,2-6H2,1H3,(H,14,16,17)(H,15,18,19). The second-order valence-electron chi connectivity index (χ2n) is 5.39. The van der Waals surface area contributed by atoms with Crippen LogP contribution in [0.2, 0.25) is 0 Å². The SMILES string of the molecule is CC(=O)NC(=O)C1CCCC2CC(C1)C(=O)NC2=O. The van der Waals surface area contributed by atoms with Crippen molar-refractivity contribution in [3.05, 3.63) is 0 Å². The van der Waals surface area contributed by atoms with Gasteiger partial charge in [0.05, 0.1) is 0 Å². The van der Waals surface area contributed by atoms with E-state index in [2.05, 4.69) is 10.6 Å². The molecule has 1 aliphatic heterocycles. The van der Waals surface area contributed by atoms with E-state index in [1.165, 1.54) is 6.92 Å². The van der Waals surface area contributed by atoms with Crippen molar-refractivity contribution in [3.63, 3.8) is 0 Å². The molecule has 0 aromatic rings. The molecule has 2 aliphatic rings. The highest BCUT2D eigenvalue weighted by molar-refractivity contribution is 6.00. The van der Waals surface area contributed by atoms with Gasteiger partial charge in [-0.3, -0.25) is 29.8 Å². The van der Waals surface area contributed by atoms with E-state index in [4.69, 9.17) is 0 Å². The highest BCUT2D eigenvalue weighted by Gasteiger charge is 2.38. The maximum Gasteiger partial charge on any atom is 0.229 e. The van der Waals surface area contributed by atoms with E-state index in [0.29, 0.717) is 25.7 Å². The van der Waals surface area contributed by atoms with Gasteiger partial charge in [-0.1, -0.05) is 6.42 Å². The van der Waals surface area contributed by atoms with Crippen LogP contribution < -0.4 is 10.6 Å². The molecule has 1 saturated heterocycles. The number of hydrogen-bond acceptors (Lipinski definition) is 4. The predicted molar refractivity (Wildman–Crippen MR) is 65.5 cm³/mol. The lowest BCUT2D eigenvalue weighted by atomic mass is 9.76. The minimum absolute atomic E-state index is 0.112. The normalized spacial score (nSPS) is 30.9. The first-order chi connectivity index (χ1) is 8.97. The van der Waals surface area contributed by atoms with Crippen LogP contribution in [-0.2, 0) is 19.2 Å². The van der Waals surface area contributed by atoms with Crippen molar-refractivity contribution in [2.45, 2.75) is 39.0 Å². The van der Waals surface area contributed by atoms with Gasteiger partial charge in [0, 0.05) is 24.7 Å². The number of imide groups is 2. The molecule has 6 nitrogen and oxygen atoms in total. The summed E-state index contributed by atoms with van der Waals surface area (Å²) in [5, 5.41) is 4.65. The van der Waals surface area contributed by atoms with E-state index >= 15 is 0 Å². The van der Waals surface area contributed by atoms with Gasteiger partial charge in [-0.05, 0) is 25.7 Å². The van der Waals surface area contributed by atoms with E-state index in [-0.39, 0.29) is 41.4 Å². The van der Waals surface area contributed by atoms with Crippen LogP contribution in [0.15, 0.2) is 0 Å². The minimum Gasteiger partial charge on any atom is -0.296 e. The Morgan fingerprint density at radius 3 is 2.47 bits per heavy atom. The molecule has 2 rings (SSSR count). The number of amides is 4. The quantitative estimate of drug-likeness (QED) is 0.659. The summed E-state index contributed by atoms with van der Waals surface area (Å²) >= 11 is 0. The third kappa shape index (κ3) is 3.19. The summed E-state index contributed by atoms with van der Waals surface area (Å²) in [4.78, 5) is 46.1. The van der Waals surface area contributed by atoms with Gasteiger partial charge >= 0.3 is 0 Å². The molecule has 6 heteroatoms. The van der Waals surface area contributed by atoms with Crippen LogP contribution in [0.3, 0.4) is 0 Å². The Morgan fingerprint density at radius 2 is 1.79 bits per heavy atom. The average Bonchev–Trinajstić information content (AvgIpc) is 2.26. The van der Waals surface area contributed by atoms with Crippen molar-refractivity contribution in [3.8, 4) is 0 Å². The number of fused-ring (bicyclic) bond motifs is 2. The molecule has 4 amide bonds. The van der Waals surface area contributed by atoms with Crippen LogP contribution in [0.25, 0.3) is 0 Å². The Labute approximate surface area is 111 Å². The Hall–Kier alpha value is -1.72. The minimum atomic E-state index is -0.381. The highest BCUT2D eigenvalue weighted by atomic mass is 16.2. The van der Waals surface area contributed by atoms with Crippen LogP contribution in [0.5, 0.6) is 0 Å². The van der Waals surface area contributed by atoms with E-state index in [1.54, 1.807) is 0 Å². The van der Waals surface area contributed by atoms with Gasteiger partial charge in [0.15, 0.2) is 0 Å². The zero-order valence-corrected chi connectivity index (χ0v) is 10.9. The number of hydrogen-bond donors (Lipinski definition) is 2. The Kier molecular flexibility index (Phi) is 3.97. The molecule has 2 N–H and O–H groups in total. The Morgan fingerprint density at radius 1 is 1.11 bits per heavy atom. The Balaban J connectivity index is 2.06. The number of nitrogens with one attached hydrogen (secondary N) is 2. The lowest BCUT2D eigenvalue weighted by molar-refractivity contribution is -0.141. The van der Waals surface area contributed by atoms with Gasteiger partial charge < -0.3 is 0 Å². The second-order valence-corrected chi connectivity index (χ2v) is 5.39. The molecular formula is C13H18N2O4. The lowest BCUT2D eigenvalue weighted by Crippen LogP contribution is -2.48. The number of carbonyl (C=O) groups excluding carboxylic acids is 4. The van der Waals surface area contributed by atoms with E-state index in [1.807, 2.05) is 0 Å². The van der Waals surface area contributed by atoms with E-state index in [0.717, 1.165) is 6.42 Å². The molecule has 1 heterocycles. The summed E-state index contributed by atoms with van der Waals surface area (Å²) in [6, 6.07) is 0. The van der Waals surface area contributed by atoms with Gasteiger partial charge in [0.2, 0.25) is 23.6 Å². The number of piperidine rings is 1. The van der Waals surface area contributed by atoms with Crippen LogP contribution in [0.1, 0.15) is 39.0 Å². The van der Waals surface area contributed by atoms with Crippen molar-refractivity contribution < 1.29 is 19.2 Å². The predicted octanol–water partition coefficient (Wildman–Crippen LogP) is 0.118. The molecule has 2 bridgehead atoms. The number of carbonyl (C=O) groups is 4. The van der Waals surface area contributed by atoms with Gasteiger partial charge in [0.1, 0.15) is 0 Å². The topological polar surface area (TPSA) is 92.3 Å².